The first-order valence-corrected chi connectivity index (χ1v) is 5.77. The number of thiazole rings is 1. The zero-order valence-corrected chi connectivity index (χ0v) is 9.71. The summed E-state index contributed by atoms with van der Waals surface area (Å²) in [5.74, 6) is 0.513. The Bertz CT molecular complexity index is 360. The van der Waals surface area contributed by atoms with Crippen molar-refractivity contribution in [3.63, 3.8) is 0 Å². The molecule has 15 heavy (non-hydrogen) atoms. The summed E-state index contributed by atoms with van der Waals surface area (Å²) in [5, 5.41) is 0.891. The molecule has 0 aliphatic heterocycles. The smallest absolute Gasteiger partial charge is 0.349 e. The molecule has 1 saturated carbocycles. The maximum absolute atomic E-state index is 11.2. The minimum Gasteiger partial charge on any atom is -0.465 e. The second kappa shape index (κ2) is 4.18. The van der Waals surface area contributed by atoms with E-state index in [0.717, 1.165) is 17.6 Å². The molecule has 1 aromatic rings. The number of methoxy groups -OCH3 is 1. The van der Waals surface area contributed by atoms with Gasteiger partial charge in [0, 0.05) is 13.6 Å². The third-order valence-electron chi connectivity index (χ3n) is 2.44. The van der Waals surface area contributed by atoms with Gasteiger partial charge in [-0.25, -0.2) is 9.78 Å². The van der Waals surface area contributed by atoms with Gasteiger partial charge in [-0.15, -0.1) is 0 Å². The van der Waals surface area contributed by atoms with E-state index in [-0.39, 0.29) is 5.97 Å². The lowest BCUT2D eigenvalue weighted by atomic mass is 10.4. The molecule has 82 valence electrons. The lowest BCUT2D eigenvalue weighted by Crippen LogP contribution is -2.19. The summed E-state index contributed by atoms with van der Waals surface area (Å²) >= 11 is 1.38. The number of esters is 1. The van der Waals surface area contributed by atoms with E-state index in [0.29, 0.717) is 4.88 Å². The standard InChI is InChI=1S/C10H14N2O2S/c1-12(6-7-3-4-7)10-11-5-8(15-10)9(13)14-2/h5,7H,3-4,6H2,1-2H3. The molecule has 2 rings (SSSR count). The summed E-state index contributed by atoms with van der Waals surface area (Å²) in [4.78, 5) is 18.1. The number of hydrogen-bond donors (Lipinski definition) is 0. The second-order valence-electron chi connectivity index (χ2n) is 3.82. The van der Waals surface area contributed by atoms with Crippen LogP contribution in [0.4, 0.5) is 5.13 Å². The van der Waals surface area contributed by atoms with Crippen molar-refractivity contribution < 1.29 is 9.53 Å². The highest BCUT2D eigenvalue weighted by Gasteiger charge is 2.24. The predicted octanol–water partition coefficient (Wildman–Crippen LogP) is 1.78. The maximum atomic E-state index is 11.2. The molecular formula is C10H14N2O2S. The zero-order chi connectivity index (χ0) is 10.8. The van der Waals surface area contributed by atoms with Crippen LogP contribution in [0.3, 0.4) is 0 Å². The van der Waals surface area contributed by atoms with Crippen molar-refractivity contribution >= 4 is 22.4 Å². The minimum absolute atomic E-state index is 0.307. The molecule has 1 aromatic heterocycles. The number of ether oxygens (including phenoxy) is 1. The number of anilines is 1. The Kier molecular flexibility index (Phi) is 2.90. The van der Waals surface area contributed by atoms with Crippen LogP contribution in [-0.4, -0.2) is 31.7 Å². The number of rotatable bonds is 4. The van der Waals surface area contributed by atoms with Gasteiger partial charge in [0.1, 0.15) is 4.88 Å². The fourth-order valence-electron chi connectivity index (χ4n) is 1.40. The Balaban J connectivity index is 2.01. The van der Waals surface area contributed by atoms with Gasteiger partial charge in [-0.3, -0.25) is 0 Å². The molecule has 4 nitrogen and oxygen atoms in total. The summed E-state index contributed by atoms with van der Waals surface area (Å²) in [7, 11) is 3.40. The van der Waals surface area contributed by atoms with Crippen LogP contribution in [-0.2, 0) is 4.74 Å². The van der Waals surface area contributed by atoms with Gasteiger partial charge in [-0.1, -0.05) is 11.3 Å². The van der Waals surface area contributed by atoms with Crippen molar-refractivity contribution in [2.24, 2.45) is 5.92 Å². The Labute approximate surface area is 92.9 Å². The highest BCUT2D eigenvalue weighted by Crippen LogP contribution is 2.32. The minimum atomic E-state index is -0.307. The number of hydrogen-bond acceptors (Lipinski definition) is 5. The summed E-state index contributed by atoms with van der Waals surface area (Å²) < 4.78 is 4.64. The summed E-state index contributed by atoms with van der Waals surface area (Å²) in [6, 6.07) is 0. The fraction of sp³-hybridized carbons (Fsp3) is 0.600. The number of aromatic nitrogens is 1. The zero-order valence-electron chi connectivity index (χ0n) is 8.90. The van der Waals surface area contributed by atoms with E-state index in [2.05, 4.69) is 14.6 Å². The molecule has 1 fully saturated rings. The molecule has 0 bridgehead atoms. The third kappa shape index (κ3) is 2.47. The van der Waals surface area contributed by atoms with Crippen LogP contribution in [0, 0.1) is 5.92 Å². The van der Waals surface area contributed by atoms with Crippen molar-refractivity contribution in [2.45, 2.75) is 12.8 Å². The molecule has 0 radical (unpaired) electrons. The third-order valence-corrected chi connectivity index (χ3v) is 3.53. The van der Waals surface area contributed by atoms with Crippen LogP contribution in [0.15, 0.2) is 6.20 Å². The predicted molar refractivity (Wildman–Crippen MR) is 59.4 cm³/mol. The van der Waals surface area contributed by atoms with Gasteiger partial charge in [-0.05, 0) is 18.8 Å². The SMILES string of the molecule is COC(=O)c1cnc(N(C)CC2CC2)s1. The van der Waals surface area contributed by atoms with Crippen molar-refractivity contribution in [3.05, 3.63) is 11.1 Å². The molecule has 0 spiro atoms. The first kappa shape index (κ1) is 10.4. The van der Waals surface area contributed by atoms with Crippen LogP contribution in [0.2, 0.25) is 0 Å². The van der Waals surface area contributed by atoms with Crippen LogP contribution in [0.5, 0.6) is 0 Å². The lowest BCUT2D eigenvalue weighted by Gasteiger charge is -2.14. The van der Waals surface area contributed by atoms with Gasteiger partial charge in [0.15, 0.2) is 5.13 Å². The first-order chi connectivity index (χ1) is 7.20. The van der Waals surface area contributed by atoms with Crippen LogP contribution < -0.4 is 4.90 Å². The van der Waals surface area contributed by atoms with E-state index in [9.17, 15) is 4.79 Å². The Morgan fingerprint density at radius 3 is 3.07 bits per heavy atom. The van der Waals surface area contributed by atoms with Gasteiger partial charge in [0.2, 0.25) is 0 Å². The molecule has 0 atom stereocenters. The molecule has 5 heteroatoms. The van der Waals surface area contributed by atoms with Gasteiger partial charge in [0.05, 0.1) is 13.3 Å². The molecule has 0 N–H and O–H groups in total. The van der Waals surface area contributed by atoms with E-state index in [1.807, 2.05) is 7.05 Å². The summed E-state index contributed by atoms with van der Waals surface area (Å²) in [6.07, 6.45) is 4.22. The van der Waals surface area contributed by atoms with Crippen molar-refractivity contribution in [1.82, 2.24) is 4.98 Å². The van der Waals surface area contributed by atoms with E-state index >= 15 is 0 Å². The molecule has 0 aromatic carbocycles. The lowest BCUT2D eigenvalue weighted by molar-refractivity contribution is 0.0606. The Morgan fingerprint density at radius 1 is 1.73 bits per heavy atom. The number of carbonyl (C=O) groups excluding carboxylic acids is 1. The van der Waals surface area contributed by atoms with E-state index in [1.165, 1.54) is 31.3 Å². The molecule has 0 unspecified atom stereocenters. The van der Waals surface area contributed by atoms with E-state index < -0.39 is 0 Å². The Hall–Kier alpha value is -1.10. The monoisotopic (exact) mass is 226 g/mol. The summed E-state index contributed by atoms with van der Waals surface area (Å²) in [6.45, 7) is 1.04. The molecule has 1 heterocycles. The number of carbonyl (C=O) groups is 1. The van der Waals surface area contributed by atoms with Gasteiger partial charge >= 0.3 is 5.97 Å². The first-order valence-electron chi connectivity index (χ1n) is 4.96. The summed E-state index contributed by atoms with van der Waals surface area (Å²) in [5.41, 5.74) is 0. The van der Waals surface area contributed by atoms with Crippen LogP contribution in [0.25, 0.3) is 0 Å². The average molecular weight is 226 g/mol. The molecule has 0 amide bonds. The van der Waals surface area contributed by atoms with Crippen LogP contribution in [0.1, 0.15) is 22.5 Å². The quantitative estimate of drug-likeness (QED) is 0.734. The van der Waals surface area contributed by atoms with Crippen molar-refractivity contribution in [2.75, 3.05) is 25.6 Å². The van der Waals surface area contributed by atoms with Crippen molar-refractivity contribution in [1.29, 1.82) is 0 Å². The topological polar surface area (TPSA) is 42.4 Å². The normalized spacial score (nSPS) is 15.1. The largest absolute Gasteiger partial charge is 0.465 e. The van der Waals surface area contributed by atoms with Crippen LogP contribution >= 0.6 is 11.3 Å². The van der Waals surface area contributed by atoms with E-state index in [1.54, 1.807) is 6.20 Å². The van der Waals surface area contributed by atoms with Gasteiger partial charge in [-0.2, -0.15) is 0 Å². The van der Waals surface area contributed by atoms with Gasteiger partial charge in [0.25, 0.3) is 0 Å². The van der Waals surface area contributed by atoms with Gasteiger partial charge < -0.3 is 9.64 Å². The molecule has 1 aliphatic carbocycles. The molecule has 0 saturated heterocycles. The highest BCUT2D eigenvalue weighted by atomic mass is 32.1. The molecule has 1 aliphatic rings. The van der Waals surface area contributed by atoms with Crippen molar-refractivity contribution in [3.8, 4) is 0 Å². The Morgan fingerprint density at radius 2 is 2.47 bits per heavy atom. The molecular weight excluding hydrogens is 212 g/mol. The second-order valence-corrected chi connectivity index (χ2v) is 4.83. The van der Waals surface area contributed by atoms with E-state index in [4.69, 9.17) is 0 Å². The average Bonchev–Trinajstić information content (AvgIpc) is 2.91. The fourth-order valence-corrected chi connectivity index (χ4v) is 2.21. The maximum Gasteiger partial charge on any atom is 0.349 e. The number of nitrogens with zero attached hydrogens (tertiary/aromatic N) is 2. The highest BCUT2D eigenvalue weighted by molar-refractivity contribution is 7.17.